The number of hydrogen-bond acceptors (Lipinski definition) is 3. The number of hydrogen-bond donors (Lipinski definition) is 1. The van der Waals surface area contributed by atoms with Crippen molar-refractivity contribution >= 4 is 18.6 Å². The highest BCUT2D eigenvalue weighted by Crippen LogP contribution is 2.35. The van der Waals surface area contributed by atoms with Crippen LogP contribution in [0.5, 0.6) is 0 Å². The minimum atomic E-state index is -0.194. The molecule has 0 aromatic carbocycles. The number of rotatable bonds is 2. The van der Waals surface area contributed by atoms with E-state index in [1.165, 1.54) is 7.11 Å². The SMILES string of the molecule is COC(=O)[C@@H](S)C1CC1. The Kier molecular flexibility index (Phi) is 2.01. The van der Waals surface area contributed by atoms with E-state index in [1.807, 2.05) is 0 Å². The number of esters is 1. The summed E-state index contributed by atoms with van der Waals surface area (Å²) >= 11 is 4.09. The molecular formula is C6H10O2S. The fourth-order valence-electron chi connectivity index (χ4n) is 0.725. The van der Waals surface area contributed by atoms with E-state index in [0.29, 0.717) is 5.92 Å². The maximum absolute atomic E-state index is 10.7. The number of carbonyl (C=O) groups excluding carboxylic acids is 1. The van der Waals surface area contributed by atoms with Crippen molar-refractivity contribution in [3.05, 3.63) is 0 Å². The lowest BCUT2D eigenvalue weighted by atomic mass is 10.3. The summed E-state index contributed by atoms with van der Waals surface area (Å²) in [6, 6.07) is 0. The number of carbonyl (C=O) groups is 1. The highest BCUT2D eigenvalue weighted by atomic mass is 32.1. The zero-order valence-electron chi connectivity index (χ0n) is 5.33. The first kappa shape index (κ1) is 6.93. The molecule has 3 heteroatoms. The molecule has 1 aliphatic rings. The van der Waals surface area contributed by atoms with Crippen molar-refractivity contribution in [3.8, 4) is 0 Å². The molecule has 1 aliphatic carbocycles. The average Bonchev–Trinajstić information content (AvgIpc) is 2.66. The molecule has 0 unspecified atom stereocenters. The van der Waals surface area contributed by atoms with Crippen LogP contribution in [0.4, 0.5) is 0 Å². The second-order valence-electron chi connectivity index (χ2n) is 2.31. The molecule has 0 saturated heterocycles. The summed E-state index contributed by atoms with van der Waals surface area (Å²) in [7, 11) is 1.40. The maximum Gasteiger partial charge on any atom is 0.318 e. The molecule has 2 nitrogen and oxygen atoms in total. The molecule has 0 radical (unpaired) electrons. The highest BCUT2D eigenvalue weighted by Gasteiger charge is 2.33. The number of ether oxygens (including phenoxy) is 1. The minimum absolute atomic E-state index is 0.171. The molecule has 1 rings (SSSR count). The number of thiol groups is 1. The Labute approximate surface area is 60.0 Å². The van der Waals surface area contributed by atoms with Crippen LogP contribution in [0.2, 0.25) is 0 Å². The molecule has 52 valence electrons. The van der Waals surface area contributed by atoms with Crippen LogP contribution in [-0.2, 0) is 9.53 Å². The van der Waals surface area contributed by atoms with Crippen LogP contribution in [-0.4, -0.2) is 18.3 Å². The summed E-state index contributed by atoms with van der Waals surface area (Å²) in [4.78, 5) is 10.7. The van der Waals surface area contributed by atoms with Crippen molar-refractivity contribution in [1.82, 2.24) is 0 Å². The van der Waals surface area contributed by atoms with E-state index in [9.17, 15) is 4.79 Å². The van der Waals surface area contributed by atoms with Crippen LogP contribution < -0.4 is 0 Å². The highest BCUT2D eigenvalue weighted by molar-refractivity contribution is 7.81. The summed E-state index contributed by atoms with van der Waals surface area (Å²) < 4.78 is 4.50. The van der Waals surface area contributed by atoms with Gasteiger partial charge < -0.3 is 4.74 Å². The standard InChI is InChI=1S/C6H10O2S/c1-8-6(7)5(9)4-2-3-4/h4-5,9H,2-3H2,1H3/t5-/m0/s1. The Balaban J connectivity index is 2.30. The summed E-state index contributed by atoms with van der Waals surface area (Å²) in [5, 5.41) is -0.171. The Morgan fingerprint density at radius 1 is 1.78 bits per heavy atom. The van der Waals surface area contributed by atoms with Crippen LogP contribution in [0.1, 0.15) is 12.8 Å². The van der Waals surface area contributed by atoms with Crippen LogP contribution >= 0.6 is 12.6 Å². The Bertz CT molecular complexity index is 120. The van der Waals surface area contributed by atoms with Gasteiger partial charge in [0.05, 0.1) is 7.11 Å². The third-order valence-corrected chi connectivity index (χ3v) is 2.14. The predicted octanol–water partition coefficient (Wildman–Crippen LogP) is 0.868. The quantitative estimate of drug-likeness (QED) is 0.462. The minimum Gasteiger partial charge on any atom is -0.468 e. The first-order valence-electron chi connectivity index (χ1n) is 3.01. The number of methoxy groups -OCH3 is 1. The van der Waals surface area contributed by atoms with E-state index >= 15 is 0 Å². The largest absolute Gasteiger partial charge is 0.468 e. The molecule has 1 atom stereocenters. The zero-order valence-corrected chi connectivity index (χ0v) is 6.23. The molecule has 0 N–H and O–H groups in total. The molecule has 0 bridgehead atoms. The smallest absolute Gasteiger partial charge is 0.318 e. The molecule has 0 amide bonds. The predicted molar refractivity (Wildman–Crippen MR) is 37.5 cm³/mol. The van der Waals surface area contributed by atoms with Gasteiger partial charge in [0, 0.05) is 0 Å². The van der Waals surface area contributed by atoms with E-state index in [-0.39, 0.29) is 11.2 Å². The van der Waals surface area contributed by atoms with Gasteiger partial charge in [-0.05, 0) is 18.8 Å². The first-order valence-corrected chi connectivity index (χ1v) is 3.53. The second kappa shape index (κ2) is 2.60. The lowest BCUT2D eigenvalue weighted by Crippen LogP contribution is -2.17. The Morgan fingerprint density at radius 3 is 2.67 bits per heavy atom. The first-order chi connectivity index (χ1) is 4.25. The molecule has 0 aromatic rings. The average molecular weight is 146 g/mol. The van der Waals surface area contributed by atoms with Crippen LogP contribution in [0.25, 0.3) is 0 Å². The third kappa shape index (κ3) is 1.61. The molecule has 0 aromatic heterocycles. The lowest BCUT2D eigenvalue weighted by Gasteiger charge is -2.03. The molecule has 0 heterocycles. The van der Waals surface area contributed by atoms with Crippen molar-refractivity contribution in [2.45, 2.75) is 18.1 Å². The van der Waals surface area contributed by atoms with Crippen molar-refractivity contribution in [3.63, 3.8) is 0 Å². The van der Waals surface area contributed by atoms with Gasteiger partial charge >= 0.3 is 5.97 Å². The summed E-state index contributed by atoms with van der Waals surface area (Å²) in [6.07, 6.45) is 2.26. The van der Waals surface area contributed by atoms with Crippen molar-refractivity contribution < 1.29 is 9.53 Å². The van der Waals surface area contributed by atoms with Crippen LogP contribution in [0.3, 0.4) is 0 Å². The molecule has 1 saturated carbocycles. The van der Waals surface area contributed by atoms with E-state index in [0.717, 1.165) is 12.8 Å². The second-order valence-corrected chi connectivity index (χ2v) is 2.86. The van der Waals surface area contributed by atoms with Crippen molar-refractivity contribution in [1.29, 1.82) is 0 Å². The molecule has 9 heavy (non-hydrogen) atoms. The topological polar surface area (TPSA) is 26.3 Å². The normalized spacial score (nSPS) is 21.1. The van der Waals surface area contributed by atoms with E-state index in [2.05, 4.69) is 17.4 Å². The Morgan fingerprint density at radius 2 is 2.33 bits per heavy atom. The van der Waals surface area contributed by atoms with Gasteiger partial charge in [-0.1, -0.05) is 0 Å². The van der Waals surface area contributed by atoms with Gasteiger partial charge in [-0.2, -0.15) is 12.6 Å². The van der Waals surface area contributed by atoms with Crippen LogP contribution in [0.15, 0.2) is 0 Å². The van der Waals surface area contributed by atoms with Gasteiger partial charge in [0.2, 0.25) is 0 Å². The summed E-state index contributed by atoms with van der Waals surface area (Å²) in [5.41, 5.74) is 0. The van der Waals surface area contributed by atoms with Crippen molar-refractivity contribution in [2.24, 2.45) is 5.92 Å². The zero-order chi connectivity index (χ0) is 6.85. The van der Waals surface area contributed by atoms with Gasteiger partial charge in [0.15, 0.2) is 0 Å². The van der Waals surface area contributed by atoms with Gasteiger partial charge in [0.1, 0.15) is 5.25 Å². The van der Waals surface area contributed by atoms with E-state index < -0.39 is 0 Å². The van der Waals surface area contributed by atoms with Gasteiger partial charge in [-0.15, -0.1) is 0 Å². The molecular weight excluding hydrogens is 136 g/mol. The van der Waals surface area contributed by atoms with E-state index in [4.69, 9.17) is 0 Å². The third-order valence-electron chi connectivity index (χ3n) is 1.51. The molecule has 0 spiro atoms. The maximum atomic E-state index is 10.7. The molecule has 0 aliphatic heterocycles. The van der Waals surface area contributed by atoms with Gasteiger partial charge in [0.25, 0.3) is 0 Å². The van der Waals surface area contributed by atoms with Crippen LogP contribution in [0, 0.1) is 5.92 Å². The van der Waals surface area contributed by atoms with Crippen molar-refractivity contribution in [2.75, 3.05) is 7.11 Å². The summed E-state index contributed by atoms with van der Waals surface area (Å²) in [6.45, 7) is 0. The summed E-state index contributed by atoms with van der Waals surface area (Å²) in [5.74, 6) is 0.293. The van der Waals surface area contributed by atoms with Gasteiger partial charge in [-0.25, -0.2) is 0 Å². The van der Waals surface area contributed by atoms with E-state index in [1.54, 1.807) is 0 Å². The van der Waals surface area contributed by atoms with Gasteiger partial charge in [-0.3, -0.25) is 4.79 Å². The Hall–Kier alpha value is -0.180. The lowest BCUT2D eigenvalue weighted by molar-refractivity contribution is -0.140. The fourth-order valence-corrected chi connectivity index (χ4v) is 1.13. The monoisotopic (exact) mass is 146 g/mol. The molecule has 1 fully saturated rings. The fraction of sp³-hybridized carbons (Fsp3) is 0.833.